The van der Waals surface area contributed by atoms with Crippen LogP contribution in [0.5, 0.6) is 0 Å². The van der Waals surface area contributed by atoms with E-state index in [2.05, 4.69) is 20.4 Å². The summed E-state index contributed by atoms with van der Waals surface area (Å²) in [5.74, 6) is -0.232. The molecule has 0 aliphatic carbocycles. The van der Waals surface area contributed by atoms with Crippen LogP contribution in [0.1, 0.15) is 16.1 Å². The van der Waals surface area contributed by atoms with Gasteiger partial charge in [-0.3, -0.25) is 4.79 Å². The number of carbonyl (C=O) groups excluding carboxylic acids is 1. The molecule has 0 saturated heterocycles. The summed E-state index contributed by atoms with van der Waals surface area (Å²) in [6.45, 7) is 0.596. The third kappa shape index (κ3) is 3.08. The van der Waals surface area contributed by atoms with Crippen LogP contribution < -0.4 is 11.1 Å². The van der Waals surface area contributed by atoms with Gasteiger partial charge in [-0.1, -0.05) is 12.1 Å². The zero-order chi connectivity index (χ0) is 14.7. The number of hydrogen-bond donors (Lipinski definition) is 3. The maximum atomic E-state index is 12.0. The van der Waals surface area contributed by atoms with Crippen LogP contribution in [0, 0.1) is 0 Å². The molecule has 4 N–H and O–H groups in total. The van der Waals surface area contributed by atoms with Crippen LogP contribution in [0.4, 0.5) is 11.4 Å². The Hall–Kier alpha value is -3.09. The van der Waals surface area contributed by atoms with Gasteiger partial charge >= 0.3 is 0 Å². The van der Waals surface area contributed by atoms with Crippen molar-refractivity contribution in [3.8, 4) is 0 Å². The van der Waals surface area contributed by atoms with E-state index in [1.54, 1.807) is 23.3 Å². The number of nitrogens with two attached hydrogens (primary N) is 1. The number of H-pyrrole nitrogens is 1. The lowest BCUT2D eigenvalue weighted by Gasteiger charge is -2.06. The summed E-state index contributed by atoms with van der Waals surface area (Å²) < 4.78 is 1.71. The smallest absolute Gasteiger partial charge is 0.272 e. The average Bonchev–Trinajstić information content (AvgIpc) is 3.11. The molecule has 0 fully saturated rings. The number of hydrogen-bond acceptors (Lipinski definition) is 4. The fourth-order valence-electron chi connectivity index (χ4n) is 1.99. The quantitative estimate of drug-likeness (QED) is 0.674. The maximum absolute atomic E-state index is 12.0. The Morgan fingerprint density at radius 1 is 1.38 bits per heavy atom. The molecule has 1 amide bonds. The summed E-state index contributed by atoms with van der Waals surface area (Å²) in [6, 6.07) is 9.16. The van der Waals surface area contributed by atoms with E-state index in [9.17, 15) is 4.79 Å². The highest BCUT2D eigenvalue weighted by atomic mass is 16.1. The predicted molar refractivity (Wildman–Crippen MR) is 78.7 cm³/mol. The van der Waals surface area contributed by atoms with Gasteiger partial charge in [0, 0.05) is 17.6 Å². The van der Waals surface area contributed by atoms with Gasteiger partial charge < -0.3 is 16.0 Å². The Balaban J connectivity index is 1.72. The molecule has 0 atom stereocenters. The van der Waals surface area contributed by atoms with Crippen molar-refractivity contribution in [3.63, 3.8) is 0 Å². The normalized spacial score (nSPS) is 10.5. The summed E-state index contributed by atoms with van der Waals surface area (Å²) >= 11 is 0. The molecule has 3 rings (SSSR count). The molecule has 2 aromatic heterocycles. The molecule has 106 valence electrons. The number of nitrogen functional groups attached to an aromatic ring is 1. The molecular weight excluding hydrogens is 268 g/mol. The van der Waals surface area contributed by atoms with E-state index < -0.39 is 0 Å². The molecule has 2 heterocycles. The summed E-state index contributed by atoms with van der Waals surface area (Å²) in [6.07, 6.45) is 4.71. The second-order valence-electron chi connectivity index (χ2n) is 4.59. The molecule has 1 aromatic carbocycles. The van der Waals surface area contributed by atoms with Crippen LogP contribution in [0.2, 0.25) is 0 Å². The number of nitrogens with one attached hydrogen (secondary N) is 2. The highest BCUT2D eigenvalue weighted by Crippen LogP contribution is 2.13. The van der Waals surface area contributed by atoms with Gasteiger partial charge in [-0.15, -0.1) is 0 Å². The highest BCUT2D eigenvalue weighted by molar-refractivity contribution is 6.03. The highest BCUT2D eigenvalue weighted by Gasteiger charge is 2.08. The van der Waals surface area contributed by atoms with Crippen LogP contribution >= 0.6 is 0 Å². The molecule has 0 aliphatic heterocycles. The monoisotopic (exact) mass is 282 g/mol. The lowest BCUT2D eigenvalue weighted by Crippen LogP contribution is -2.12. The third-order valence-electron chi connectivity index (χ3n) is 2.95. The minimum absolute atomic E-state index is 0.232. The van der Waals surface area contributed by atoms with E-state index in [1.165, 1.54) is 6.33 Å². The van der Waals surface area contributed by atoms with Gasteiger partial charge in [-0.05, 0) is 23.8 Å². The molecule has 0 aliphatic rings. The average molecular weight is 282 g/mol. The van der Waals surface area contributed by atoms with E-state index in [-0.39, 0.29) is 5.91 Å². The number of carbonyl (C=O) groups is 1. The maximum Gasteiger partial charge on any atom is 0.272 e. The Kier molecular flexibility index (Phi) is 3.38. The van der Waals surface area contributed by atoms with Crippen molar-refractivity contribution in [3.05, 3.63) is 60.4 Å². The minimum Gasteiger partial charge on any atom is -0.397 e. The van der Waals surface area contributed by atoms with Crippen molar-refractivity contribution in [2.45, 2.75) is 6.54 Å². The Labute approximate surface area is 120 Å². The number of aromatic amines is 1. The van der Waals surface area contributed by atoms with E-state index in [1.807, 2.05) is 24.3 Å². The molecule has 0 radical (unpaired) electrons. The number of rotatable bonds is 4. The topological polar surface area (TPSA) is 102 Å². The van der Waals surface area contributed by atoms with Crippen molar-refractivity contribution in [1.82, 2.24) is 19.7 Å². The van der Waals surface area contributed by atoms with Gasteiger partial charge in [-0.2, -0.15) is 5.10 Å². The first kappa shape index (κ1) is 12.9. The second-order valence-corrected chi connectivity index (χ2v) is 4.59. The first-order valence-corrected chi connectivity index (χ1v) is 6.37. The standard InChI is InChI=1S/C14H14N6O/c15-11-5-13(17-6-11)14(21)19-12-3-1-2-10(4-12)7-20-9-16-8-18-20/h1-6,8-9,17H,7,15H2,(H,19,21). The van der Waals surface area contributed by atoms with Crippen molar-refractivity contribution in [2.75, 3.05) is 11.1 Å². The fraction of sp³-hybridized carbons (Fsp3) is 0.0714. The summed E-state index contributed by atoms with van der Waals surface area (Å²) in [4.78, 5) is 18.7. The minimum atomic E-state index is -0.232. The van der Waals surface area contributed by atoms with Crippen LogP contribution in [0.25, 0.3) is 0 Å². The van der Waals surface area contributed by atoms with E-state index in [4.69, 9.17) is 5.73 Å². The molecule has 0 saturated carbocycles. The Bertz CT molecular complexity index is 746. The second kappa shape index (κ2) is 5.49. The van der Waals surface area contributed by atoms with Gasteiger partial charge in [0.1, 0.15) is 18.3 Å². The van der Waals surface area contributed by atoms with E-state index in [0.29, 0.717) is 23.6 Å². The molecule has 3 aromatic rings. The Morgan fingerprint density at radius 3 is 3.00 bits per heavy atom. The van der Waals surface area contributed by atoms with Crippen LogP contribution in [-0.2, 0) is 6.54 Å². The van der Waals surface area contributed by atoms with Crippen molar-refractivity contribution in [2.24, 2.45) is 0 Å². The molecule has 0 spiro atoms. The first-order valence-electron chi connectivity index (χ1n) is 6.37. The first-order chi connectivity index (χ1) is 10.2. The van der Waals surface area contributed by atoms with Crippen LogP contribution in [0.3, 0.4) is 0 Å². The van der Waals surface area contributed by atoms with Gasteiger partial charge in [0.2, 0.25) is 0 Å². The summed E-state index contributed by atoms with van der Waals surface area (Å²) in [5.41, 5.74) is 8.27. The number of nitrogens with zero attached hydrogens (tertiary/aromatic N) is 3. The van der Waals surface area contributed by atoms with Crippen molar-refractivity contribution >= 4 is 17.3 Å². The number of aromatic nitrogens is 4. The van der Waals surface area contributed by atoms with E-state index >= 15 is 0 Å². The van der Waals surface area contributed by atoms with Gasteiger partial charge in [0.25, 0.3) is 5.91 Å². The largest absolute Gasteiger partial charge is 0.397 e. The molecule has 7 nitrogen and oxygen atoms in total. The predicted octanol–water partition coefficient (Wildman–Crippen LogP) is 1.49. The van der Waals surface area contributed by atoms with Gasteiger partial charge in [-0.25, -0.2) is 9.67 Å². The zero-order valence-corrected chi connectivity index (χ0v) is 11.2. The number of benzene rings is 1. The molecular formula is C14H14N6O. The van der Waals surface area contributed by atoms with Gasteiger partial charge in [0.05, 0.1) is 6.54 Å². The van der Waals surface area contributed by atoms with Crippen molar-refractivity contribution < 1.29 is 4.79 Å². The SMILES string of the molecule is Nc1c[nH]c(C(=O)Nc2cccc(Cn3cncn3)c2)c1. The number of anilines is 2. The summed E-state index contributed by atoms with van der Waals surface area (Å²) in [5, 5.41) is 6.87. The molecule has 7 heteroatoms. The molecule has 0 unspecified atom stereocenters. The number of amides is 1. The third-order valence-corrected chi connectivity index (χ3v) is 2.95. The van der Waals surface area contributed by atoms with Crippen molar-refractivity contribution in [1.29, 1.82) is 0 Å². The molecule has 0 bridgehead atoms. The van der Waals surface area contributed by atoms with Gasteiger partial charge in [0.15, 0.2) is 0 Å². The van der Waals surface area contributed by atoms with Crippen LogP contribution in [0.15, 0.2) is 49.2 Å². The zero-order valence-electron chi connectivity index (χ0n) is 11.2. The van der Waals surface area contributed by atoms with Crippen LogP contribution in [-0.4, -0.2) is 25.7 Å². The lowest BCUT2D eigenvalue weighted by atomic mass is 10.2. The molecule has 21 heavy (non-hydrogen) atoms. The lowest BCUT2D eigenvalue weighted by molar-refractivity contribution is 0.102. The summed E-state index contributed by atoms with van der Waals surface area (Å²) in [7, 11) is 0. The fourth-order valence-corrected chi connectivity index (χ4v) is 1.99. The van der Waals surface area contributed by atoms with E-state index in [0.717, 1.165) is 5.56 Å². The Morgan fingerprint density at radius 2 is 2.29 bits per heavy atom.